The first-order chi connectivity index (χ1) is 8.74. The summed E-state index contributed by atoms with van der Waals surface area (Å²) < 4.78 is 0. The van der Waals surface area contributed by atoms with Gasteiger partial charge in [-0.25, -0.2) is 4.98 Å². The van der Waals surface area contributed by atoms with Crippen molar-refractivity contribution in [3.63, 3.8) is 0 Å². The fourth-order valence-corrected chi connectivity index (χ4v) is 3.30. The van der Waals surface area contributed by atoms with E-state index in [0.717, 1.165) is 37.8 Å². The van der Waals surface area contributed by atoms with Crippen LogP contribution >= 0.6 is 11.6 Å². The molecule has 2 aliphatic rings. The largest absolute Gasteiger partial charge is 0.348 e. The smallest absolute Gasteiger partial charge is 0.271 e. The van der Waals surface area contributed by atoms with Crippen molar-refractivity contribution in [2.45, 2.75) is 18.9 Å². The number of nitrogens with zero attached hydrogens (tertiary/aromatic N) is 1. The van der Waals surface area contributed by atoms with Crippen LogP contribution in [-0.2, 0) is 0 Å². The van der Waals surface area contributed by atoms with Crippen LogP contribution in [0.2, 0.25) is 5.02 Å². The Balaban J connectivity index is 1.64. The summed E-state index contributed by atoms with van der Waals surface area (Å²) in [4.78, 5) is 16.1. The first-order valence-electron chi connectivity index (χ1n) is 6.36. The summed E-state index contributed by atoms with van der Waals surface area (Å²) in [5.74, 6) is 1.28. The number of nitrogens with one attached hydrogen (secondary N) is 2. The van der Waals surface area contributed by atoms with Gasteiger partial charge in [0.25, 0.3) is 5.91 Å². The summed E-state index contributed by atoms with van der Waals surface area (Å²) in [5, 5.41) is 6.86. The molecule has 18 heavy (non-hydrogen) atoms. The summed E-state index contributed by atoms with van der Waals surface area (Å²) in [6.45, 7) is 2.17. The molecule has 3 rings (SSSR count). The summed E-state index contributed by atoms with van der Waals surface area (Å²) in [6.07, 6.45) is 3.72. The molecule has 3 atom stereocenters. The number of carbonyl (C=O) groups is 1. The fourth-order valence-electron chi connectivity index (χ4n) is 3.09. The number of amides is 1. The molecule has 1 aromatic heterocycles. The highest BCUT2D eigenvalue weighted by atomic mass is 35.5. The van der Waals surface area contributed by atoms with Crippen molar-refractivity contribution in [2.24, 2.45) is 11.8 Å². The van der Waals surface area contributed by atoms with Gasteiger partial charge >= 0.3 is 0 Å². The maximum atomic E-state index is 12.1. The van der Waals surface area contributed by atoms with E-state index in [1.807, 2.05) is 0 Å². The second-order valence-corrected chi connectivity index (χ2v) is 5.56. The molecule has 96 valence electrons. The van der Waals surface area contributed by atoms with Crippen molar-refractivity contribution in [2.75, 3.05) is 13.1 Å². The van der Waals surface area contributed by atoms with Gasteiger partial charge in [-0.3, -0.25) is 4.79 Å². The Bertz CT molecular complexity index is 453. The molecular weight excluding hydrogens is 250 g/mol. The van der Waals surface area contributed by atoms with E-state index >= 15 is 0 Å². The number of hydrogen-bond donors (Lipinski definition) is 2. The quantitative estimate of drug-likeness (QED) is 0.851. The lowest BCUT2D eigenvalue weighted by Gasteiger charge is -2.13. The van der Waals surface area contributed by atoms with E-state index in [1.54, 1.807) is 18.3 Å². The van der Waals surface area contributed by atoms with Crippen molar-refractivity contribution < 1.29 is 4.79 Å². The molecule has 2 fully saturated rings. The van der Waals surface area contributed by atoms with Crippen molar-refractivity contribution in [3.8, 4) is 0 Å². The molecule has 1 amide bonds. The summed E-state index contributed by atoms with van der Waals surface area (Å²) in [5.41, 5.74) is 0.328. The lowest BCUT2D eigenvalue weighted by Crippen LogP contribution is -2.34. The molecule has 0 bridgehead atoms. The van der Waals surface area contributed by atoms with Crippen LogP contribution in [0.4, 0.5) is 0 Å². The number of pyridine rings is 1. The molecule has 1 aliphatic heterocycles. The Labute approximate surface area is 111 Å². The van der Waals surface area contributed by atoms with Crippen LogP contribution in [0.15, 0.2) is 18.3 Å². The van der Waals surface area contributed by atoms with Gasteiger partial charge in [0.15, 0.2) is 0 Å². The van der Waals surface area contributed by atoms with Gasteiger partial charge in [-0.2, -0.15) is 0 Å². The molecule has 1 aromatic rings. The van der Waals surface area contributed by atoms with E-state index in [4.69, 9.17) is 11.6 Å². The van der Waals surface area contributed by atoms with Crippen LogP contribution in [0.5, 0.6) is 0 Å². The molecule has 0 radical (unpaired) electrons. The Morgan fingerprint density at radius 2 is 2.11 bits per heavy atom. The third-order valence-corrected chi connectivity index (χ3v) is 4.27. The first-order valence-corrected chi connectivity index (χ1v) is 6.74. The van der Waals surface area contributed by atoms with Gasteiger partial charge < -0.3 is 10.6 Å². The number of fused-ring (bicyclic) bond motifs is 1. The zero-order valence-corrected chi connectivity index (χ0v) is 10.8. The van der Waals surface area contributed by atoms with Crippen molar-refractivity contribution >= 4 is 17.5 Å². The SMILES string of the molecule is O=C(NC1C[C@H]2CNC[C@H]2C1)c1ncccc1Cl. The minimum atomic E-state index is -0.154. The Hall–Kier alpha value is -1.13. The number of rotatable bonds is 2. The fraction of sp³-hybridized carbons (Fsp3) is 0.538. The minimum Gasteiger partial charge on any atom is -0.348 e. The highest BCUT2D eigenvalue weighted by Gasteiger charge is 2.37. The maximum Gasteiger partial charge on any atom is 0.271 e. The average molecular weight is 266 g/mol. The van der Waals surface area contributed by atoms with Crippen LogP contribution in [0.25, 0.3) is 0 Å². The molecule has 0 aromatic carbocycles. The van der Waals surface area contributed by atoms with E-state index in [2.05, 4.69) is 15.6 Å². The lowest BCUT2D eigenvalue weighted by molar-refractivity contribution is 0.0931. The predicted molar refractivity (Wildman–Crippen MR) is 69.6 cm³/mol. The normalized spacial score (nSPS) is 30.2. The lowest BCUT2D eigenvalue weighted by atomic mass is 10.0. The van der Waals surface area contributed by atoms with Crippen LogP contribution < -0.4 is 10.6 Å². The van der Waals surface area contributed by atoms with Crippen LogP contribution in [0.1, 0.15) is 23.3 Å². The van der Waals surface area contributed by atoms with Gasteiger partial charge in [-0.1, -0.05) is 11.6 Å². The zero-order chi connectivity index (χ0) is 12.5. The van der Waals surface area contributed by atoms with E-state index < -0.39 is 0 Å². The Morgan fingerprint density at radius 1 is 1.39 bits per heavy atom. The summed E-state index contributed by atoms with van der Waals surface area (Å²) >= 11 is 5.97. The number of aromatic nitrogens is 1. The van der Waals surface area contributed by atoms with Crippen molar-refractivity contribution in [1.82, 2.24) is 15.6 Å². The Morgan fingerprint density at radius 3 is 2.78 bits per heavy atom. The summed E-state index contributed by atoms with van der Waals surface area (Å²) in [7, 11) is 0. The van der Waals surface area contributed by atoms with Gasteiger partial charge in [-0.05, 0) is 49.9 Å². The molecule has 1 unspecified atom stereocenters. The highest BCUT2D eigenvalue weighted by molar-refractivity contribution is 6.33. The van der Waals surface area contributed by atoms with Crippen LogP contribution in [0.3, 0.4) is 0 Å². The van der Waals surface area contributed by atoms with E-state index in [9.17, 15) is 4.79 Å². The molecule has 2 heterocycles. The molecule has 1 saturated carbocycles. The minimum absolute atomic E-state index is 0.154. The third kappa shape index (κ3) is 2.22. The summed E-state index contributed by atoms with van der Waals surface area (Å²) in [6, 6.07) is 3.69. The molecular formula is C13H16ClN3O. The number of halogens is 1. The van der Waals surface area contributed by atoms with Gasteiger partial charge in [-0.15, -0.1) is 0 Å². The monoisotopic (exact) mass is 265 g/mol. The second-order valence-electron chi connectivity index (χ2n) is 5.15. The molecule has 5 heteroatoms. The van der Waals surface area contributed by atoms with Crippen molar-refractivity contribution in [1.29, 1.82) is 0 Å². The van der Waals surface area contributed by atoms with Gasteiger partial charge in [0, 0.05) is 12.2 Å². The van der Waals surface area contributed by atoms with Gasteiger partial charge in [0.2, 0.25) is 0 Å². The zero-order valence-electron chi connectivity index (χ0n) is 10.0. The van der Waals surface area contributed by atoms with Gasteiger partial charge in [0.1, 0.15) is 5.69 Å². The highest BCUT2D eigenvalue weighted by Crippen LogP contribution is 2.34. The van der Waals surface area contributed by atoms with Crippen LogP contribution in [0, 0.1) is 11.8 Å². The number of carbonyl (C=O) groups excluding carboxylic acids is 1. The third-order valence-electron chi connectivity index (χ3n) is 3.96. The average Bonchev–Trinajstić information content (AvgIpc) is 2.90. The predicted octanol–water partition coefficient (Wildman–Crippen LogP) is 1.46. The molecule has 0 spiro atoms. The molecule has 2 N–H and O–H groups in total. The number of hydrogen-bond acceptors (Lipinski definition) is 3. The molecule has 1 saturated heterocycles. The van der Waals surface area contributed by atoms with E-state index in [1.165, 1.54) is 0 Å². The topological polar surface area (TPSA) is 54.0 Å². The Kier molecular flexibility index (Phi) is 3.22. The van der Waals surface area contributed by atoms with E-state index in [-0.39, 0.29) is 11.9 Å². The second kappa shape index (κ2) is 4.86. The standard InChI is InChI=1S/C13H16ClN3O/c14-11-2-1-3-16-12(11)13(18)17-10-4-8-6-15-7-9(8)5-10/h1-3,8-10,15H,4-7H2,(H,17,18)/t8-,9+,10?. The molecule has 4 nitrogen and oxygen atoms in total. The van der Waals surface area contributed by atoms with Crippen molar-refractivity contribution in [3.05, 3.63) is 29.0 Å². The first kappa shape index (κ1) is 11.9. The van der Waals surface area contributed by atoms with Crippen LogP contribution in [-0.4, -0.2) is 30.0 Å². The van der Waals surface area contributed by atoms with Gasteiger partial charge in [0.05, 0.1) is 5.02 Å². The molecule has 1 aliphatic carbocycles. The van der Waals surface area contributed by atoms with E-state index in [0.29, 0.717) is 10.7 Å². The maximum absolute atomic E-state index is 12.1.